The molecule has 6 nitrogen and oxygen atoms in total. The van der Waals surface area contributed by atoms with Gasteiger partial charge in [-0.15, -0.1) is 11.3 Å². The van der Waals surface area contributed by atoms with Crippen molar-refractivity contribution in [3.8, 4) is 5.75 Å². The number of nitrogens with one attached hydrogen (secondary N) is 2. The van der Waals surface area contributed by atoms with E-state index in [1.165, 1.54) is 0 Å². The topological polar surface area (TPSA) is 70.7 Å². The third kappa shape index (κ3) is 6.09. The molecule has 3 rings (SSSR count). The molecule has 30 heavy (non-hydrogen) atoms. The van der Waals surface area contributed by atoms with Crippen LogP contribution < -0.4 is 15.4 Å². The van der Waals surface area contributed by atoms with Gasteiger partial charge in [0.05, 0.1) is 19.7 Å². The number of benzene rings is 2. The van der Waals surface area contributed by atoms with E-state index in [1.54, 1.807) is 59.7 Å². The van der Waals surface area contributed by atoms with Gasteiger partial charge < -0.3 is 20.3 Å². The van der Waals surface area contributed by atoms with Gasteiger partial charge in [0, 0.05) is 28.9 Å². The van der Waals surface area contributed by atoms with E-state index in [-0.39, 0.29) is 18.4 Å². The highest BCUT2D eigenvalue weighted by molar-refractivity contribution is 7.09. The second-order valence-electron chi connectivity index (χ2n) is 6.67. The first kappa shape index (κ1) is 21.4. The molecule has 2 aromatic carbocycles. The van der Waals surface area contributed by atoms with Crippen molar-refractivity contribution in [1.82, 2.24) is 4.90 Å². The summed E-state index contributed by atoms with van der Waals surface area (Å²) in [6, 6.07) is 18.3. The number of ether oxygens (including phenoxy) is 1. The van der Waals surface area contributed by atoms with Crippen LogP contribution in [0, 0.1) is 0 Å². The number of carbonyl (C=O) groups excluding carboxylic acids is 2. The van der Waals surface area contributed by atoms with E-state index in [4.69, 9.17) is 4.74 Å². The van der Waals surface area contributed by atoms with Crippen LogP contribution in [0.3, 0.4) is 0 Å². The molecule has 0 atom stereocenters. The summed E-state index contributed by atoms with van der Waals surface area (Å²) < 4.78 is 5.40. The Morgan fingerprint density at radius 1 is 1.00 bits per heavy atom. The van der Waals surface area contributed by atoms with Crippen molar-refractivity contribution in [1.29, 1.82) is 0 Å². The average molecular weight is 424 g/mol. The standard InChI is InChI=1S/C23H25N3O3S/c1-3-29-20-12-10-19(11-13-20)25-23(28)17-6-8-18(9-7-17)24-15-22(27)26(2)16-21-5-4-14-30-21/h4-14,24H,3,15-16H2,1-2H3,(H,25,28). The highest BCUT2D eigenvalue weighted by atomic mass is 32.1. The number of anilines is 2. The summed E-state index contributed by atoms with van der Waals surface area (Å²) in [6.07, 6.45) is 0. The quantitative estimate of drug-likeness (QED) is 0.533. The lowest BCUT2D eigenvalue weighted by atomic mass is 10.2. The molecule has 0 bridgehead atoms. The van der Waals surface area contributed by atoms with Crippen molar-refractivity contribution in [2.24, 2.45) is 0 Å². The Morgan fingerprint density at radius 3 is 2.33 bits per heavy atom. The second-order valence-corrected chi connectivity index (χ2v) is 7.70. The maximum atomic E-state index is 12.4. The lowest BCUT2D eigenvalue weighted by molar-refractivity contribution is -0.128. The molecule has 1 aromatic heterocycles. The summed E-state index contributed by atoms with van der Waals surface area (Å²) in [4.78, 5) is 27.5. The normalized spacial score (nSPS) is 10.3. The Labute approximate surface area is 180 Å². The SMILES string of the molecule is CCOc1ccc(NC(=O)c2ccc(NCC(=O)N(C)Cc3cccs3)cc2)cc1. The van der Waals surface area contributed by atoms with Crippen LogP contribution in [0.5, 0.6) is 5.75 Å². The van der Waals surface area contributed by atoms with Crippen LogP contribution in [0.2, 0.25) is 0 Å². The van der Waals surface area contributed by atoms with E-state index in [0.29, 0.717) is 24.4 Å². The van der Waals surface area contributed by atoms with Gasteiger partial charge in [0.1, 0.15) is 5.75 Å². The molecule has 0 fully saturated rings. The van der Waals surface area contributed by atoms with Gasteiger partial charge in [-0.25, -0.2) is 0 Å². The van der Waals surface area contributed by atoms with Gasteiger partial charge >= 0.3 is 0 Å². The van der Waals surface area contributed by atoms with Crippen molar-refractivity contribution < 1.29 is 14.3 Å². The maximum Gasteiger partial charge on any atom is 0.255 e. The Bertz CT molecular complexity index is 954. The number of likely N-dealkylation sites (N-methyl/N-ethyl adjacent to an activating group) is 1. The Hall–Kier alpha value is -3.32. The molecule has 0 radical (unpaired) electrons. The van der Waals surface area contributed by atoms with Crippen molar-refractivity contribution in [3.05, 3.63) is 76.5 Å². The van der Waals surface area contributed by atoms with Gasteiger partial charge in [0.2, 0.25) is 5.91 Å². The molecule has 156 valence electrons. The molecule has 7 heteroatoms. The molecule has 0 saturated heterocycles. The lowest BCUT2D eigenvalue weighted by Gasteiger charge is -2.17. The Balaban J connectivity index is 1.49. The van der Waals surface area contributed by atoms with Crippen LogP contribution in [0.1, 0.15) is 22.2 Å². The van der Waals surface area contributed by atoms with E-state index in [9.17, 15) is 9.59 Å². The molecule has 0 aliphatic carbocycles. The number of hydrogen-bond donors (Lipinski definition) is 2. The molecule has 2 amide bonds. The molecular formula is C23H25N3O3S. The number of nitrogens with zero attached hydrogens (tertiary/aromatic N) is 1. The van der Waals surface area contributed by atoms with Gasteiger partial charge in [-0.3, -0.25) is 9.59 Å². The number of carbonyl (C=O) groups is 2. The minimum absolute atomic E-state index is 0.000666. The third-order valence-electron chi connectivity index (χ3n) is 4.41. The highest BCUT2D eigenvalue weighted by Crippen LogP contribution is 2.17. The fraction of sp³-hybridized carbons (Fsp3) is 0.217. The summed E-state index contributed by atoms with van der Waals surface area (Å²) in [5.74, 6) is 0.569. The van der Waals surface area contributed by atoms with Crippen LogP contribution in [0.25, 0.3) is 0 Å². The second kappa shape index (κ2) is 10.5. The van der Waals surface area contributed by atoms with E-state index in [1.807, 2.05) is 36.6 Å². The monoisotopic (exact) mass is 423 g/mol. The fourth-order valence-electron chi connectivity index (χ4n) is 2.78. The molecule has 3 aromatic rings. The van der Waals surface area contributed by atoms with Crippen LogP contribution in [0.4, 0.5) is 11.4 Å². The lowest BCUT2D eigenvalue weighted by Crippen LogP contribution is -2.31. The Kier molecular flexibility index (Phi) is 7.45. The maximum absolute atomic E-state index is 12.4. The minimum Gasteiger partial charge on any atom is -0.494 e. The molecule has 0 spiro atoms. The number of hydrogen-bond acceptors (Lipinski definition) is 5. The van der Waals surface area contributed by atoms with Gasteiger partial charge in [-0.05, 0) is 66.9 Å². The van der Waals surface area contributed by atoms with Crippen LogP contribution in [-0.2, 0) is 11.3 Å². The number of thiophene rings is 1. The van der Waals surface area contributed by atoms with E-state index >= 15 is 0 Å². The minimum atomic E-state index is -0.197. The summed E-state index contributed by atoms with van der Waals surface area (Å²) in [5, 5.41) is 7.96. The highest BCUT2D eigenvalue weighted by Gasteiger charge is 2.10. The van der Waals surface area contributed by atoms with Crippen LogP contribution >= 0.6 is 11.3 Å². The summed E-state index contributed by atoms with van der Waals surface area (Å²) in [5.41, 5.74) is 2.02. The smallest absolute Gasteiger partial charge is 0.255 e. The molecule has 0 unspecified atom stereocenters. The summed E-state index contributed by atoms with van der Waals surface area (Å²) in [7, 11) is 1.79. The first-order valence-corrected chi connectivity index (χ1v) is 10.6. The predicted octanol–water partition coefficient (Wildman–Crippen LogP) is 4.47. The zero-order chi connectivity index (χ0) is 21.3. The number of rotatable bonds is 9. The van der Waals surface area contributed by atoms with Gasteiger partial charge in [0.25, 0.3) is 5.91 Å². The van der Waals surface area contributed by atoms with Crippen molar-refractivity contribution in [2.45, 2.75) is 13.5 Å². The van der Waals surface area contributed by atoms with Crippen LogP contribution in [0.15, 0.2) is 66.0 Å². The zero-order valence-corrected chi connectivity index (χ0v) is 17.9. The largest absolute Gasteiger partial charge is 0.494 e. The molecule has 2 N–H and O–H groups in total. The first-order chi connectivity index (χ1) is 14.5. The van der Waals surface area contributed by atoms with Crippen LogP contribution in [-0.4, -0.2) is 36.9 Å². The molecular weight excluding hydrogens is 398 g/mol. The van der Waals surface area contributed by atoms with Crippen molar-refractivity contribution in [2.75, 3.05) is 30.8 Å². The van der Waals surface area contributed by atoms with E-state index < -0.39 is 0 Å². The van der Waals surface area contributed by atoms with Crippen molar-refractivity contribution >= 4 is 34.5 Å². The average Bonchev–Trinajstić information content (AvgIpc) is 3.27. The van der Waals surface area contributed by atoms with Gasteiger partial charge in [-0.1, -0.05) is 6.07 Å². The molecule has 0 aliphatic rings. The summed E-state index contributed by atoms with van der Waals surface area (Å²) in [6.45, 7) is 3.32. The van der Waals surface area contributed by atoms with Gasteiger partial charge in [-0.2, -0.15) is 0 Å². The Morgan fingerprint density at radius 2 is 1.70 bits per heavy atom. The predicted molar refractivity (Wildman–Crippen MR) is 121 cm³/mol. The van der Waals surface area contributed by atoms with E-state index in [2.05, 4.69) is 10.6 Å². The van der Waals surface area contributed by atoms with Crippen molar-refractivity contribution in [3.63, 3.8) is 0 Å². The number of amides is 2. The van der Waals surface area contributed by atoms with Gasteiger partial charge in [0.15, 0.2) is 0 Å². The zero-order valence-electron chi connectivity index (χ0n) is 17.1. The van der Waals surface area contributed by atoms with E-state index in [0.717, 1.165) is 16.3 Å². The molecule has 0 saturated carbocycles. The summed E-state index contributed by atoms with van der Waals surface area (Å²) >= 11 is 1.63. The third-order valence-corrected chi connectivity index (χ3v) is 5.27. The fourth-order valence-corrected chi connectivity index (χ4v) is 3.54. The molecule has 1 heterocycles. The molecule has 0 aliphatic heterocycles. The first-order valence-electron chi connectivity index (χ1n) is 9.69.